The van der Waals surface area contributed by atoms with Crippen molar-refractivity contribution < 1.29 is 4.79 Å². The summed E-state index contributed by atoms with van der Waals surface area (Å²) in [7, 11) is 0. The highest BCUT2D eigenvalue weighted by atomic mass is 16.1. The molecule has 0 fully saturated rings. The van der Waals surface area contributed by atoms with E-state index in [1.165, 1.54) is 0 Å². The molecule has 0 spiro atoms. The van der Waals surface area contributed by atoms with Crippen LogP contribution in [0.2, 0.25) is 0 Å². The van der Waals surface area contributed by atoms with Crippen LogP contribution in [0, 0.1) is 6.92 Å². The largest absolute Gasteiger partial charge is 0.398 e. The summed E-state index contributed by atoms with van der Waals surface area (Å²) in [4.78, 5) is 12.0. The zero-order valence-electron chi connectivity index (χ0n) is 10.3. The molecular weight excluding hydrogens is 224 g/mol. The van der Waals surface area contributed by atoms with Crippen molar-refractivity contribution in [3.63, 3.8) is 0 Å². The lowest BCUT2D eigenvalue weighted by Crippen LogP contribution is -2.14. The van der Waals surface area contributed by atoms with E-state index in [0.717, 1.165) is 11.3 Å². The van der Waals surface area contributed by atoms with Gasteiger partial charge in [0.15, 0.2) is 5.78 Å². The maximum atomic E-state index is 12.0. The van der Waals surface area contributed by atoms with Gasteiger partial charge in [0.2, 0.25) is 0 Å². The zero-order chi connectivity index (χ0) is 13.0. The van der Waals surface area contributed by atoms with Gasteiger partial charge in [-0.1, -0.05) is 30.3 Å². The Balaban J connectivity index is 2.02. The summed E-state index contributed by atoms with van der Waals surface area (Å²) in [6, 6.07) is 15.0. The van der Waals surface area contributed by atoms with E-state index < -0.39 is 0 Å². The van der Waals surface area contributed by atoms with Crippen molar-refractivity contribution in [2.75, 3.05) is 17.6 Å². The molecule has 2 aromatic carbocycles. The number of hydrogen-bond acceptors (Lipinski definition) is 3. The summed E-state index contributed by atoms with van der Waals surface area (Å²) in [5.74, 6) is 0.0329. The SMILES string of the molecule is Cc1ccc(C(=O)CNc2ccccc2)cc1N. The molecule has 0 aromatic heterocycles. The third-order valence-electron chi connectivity index (χ3n) is 2.83. The molecule has 2 aromatic rings. The fraction of sp³-hybridized carbons (Fsp3) is 0.133. The average molecular weight is 240 g/mol. The quantitative estimate of drug-likeness (QED) is 0.638. The van der Waals surface area contributed by atoms with Crippen LogP contribution in [0.3, 0.4) is 0 Å². The predicted octanol–water partition coefficient (Wildman–Crippen LogP) is 2.87. The van der Waals surface area contributed by atoms with Gasteiger partial charge in [-0.3, -0.25) is 4.79 Å². The van der Waals surface area contributed by atoms with Crippen LogP contribution in [0.25, 0.3) is 0 Å². The topological polar surface area (TPSA) is 55.1 Å². The molecule has 3 nitrogen and oxygen atoms in total. The monoisotopic (exact) mass is 240 g/mol. The summed E-state index contributed by atoms with van der Waals surface area (Å²) in [6.45, 7) is 2.19. The number of carbonyl (C=O) groups excluding carboxylic acids is 1. The van der Waals surface area contributed by atoms with Crippen molar-refractivity contribution in [2.24, 2.45) is 0 Å². The summed E-state index contributed by atoms with van der Waals surface area (Å²) in [6.07, 6.45) is 0. The number of carbonyl (C=O) groups is 1. The van der Waals surface area contributed by atoms with Crippen molar-refractivity contribution in [1.82, 2.24) is 0 Å². The lowest BCUT2D eigenvalue weighted by molar-refractivity contribution is 0.101. The maximum absolute atomic E-state index is 12.0. The van der Waals surface area contributed by atoms with Crippen LogP contribution in [0.5, 0.6) is 0 Å². The molecule has 0 aliphatic carbocycles. The molecule has 0 aliphatic heterocycles. The normalized spacial score (nSPS) is 10.1. The summed E-state index contributed by atoms with van der Waals surface area (Å²) in [5.41, 5.74) is 9.01. The second-order valence-corrected chi connectivity index (χ2v) is 4.21. The molecule has 0 atom stereocenters. The zero-order valence-corrected chi connectivity index (χ0v) is 10.3. The number of nitrogens with two attached hydrogens (primary N) is 1. The minimum absolute atomic E-state index is 0.0329. The van der Waals surface area contributed by atoms with Gasteiger partial charge in [0, 0.05) is 16.9 Å². The Morgan fingerprint density at radius 1 is 1.17 bits per heavy atom. The number of rotatable bonds is 4. The highest BCUT2D eigenvalue weighted by molar-refractivity contribution is 5.99. The molecule has 0 aliphatic rings. The Bertz CT molecular complexity index is 550. The van der Waals surface area contributed by atoms with Crippen molar-refractivity contribution in [3.8, 4) is 0 Å². The van der Waals surface area contributed by atoms with Crippen molar-refractivity contribution in [2.45, 2.75) is 6.92 Å². The van der Waals surface area contributed by atoms with E-state index in [1.807, 2.05) is 43.3 Å². The molecule has 3 N–H and O–H groups in total. The van der Waals surface area contributed by atoms with Crippen LogP contribution in [-0.4, -0.2) is 12.3 Å². The van der Waals surface area contributed by atoms with E-state index in [1.54, 1.807) is 12.1 Å². The number of para-hydroxylation sites is 1. The van der Waals surface area contributed by atoms with Gasteiger partial charge in [0.1, 0.15) is 0 Å². The van der Waals surface area contributed by atoms with Crippen LogP contribution in [0.4, 0.5) is 11.4 Å². The van der Waals surface area contributed by atoms with E-state index >= 15 is 0 Å². The average Bonchev–Trinajstić information content (AvgIpc) is 2.40. The fourth-order valence-corrected chi connectivity index (χ4v) is 1.65. The number of Topliss-reactive ketones (excluding diaryl/α,β-unsaturated/α-hetero) is 1. The molecular formula is C15H16N2O. The number of hydrogen-bond donors (Lipinski definition) is 2. The molecule has 92 valence electrons. The molecule has 18 heavy (non-hydrogen) atoms. The predicted molar refractivity (Wildman–Crippen MR) is 74.9 cm³/mol. The third kappa shape index (κ3) is 2.88. The van der Waals surface area contributed by atoms with E-state index in [-0.39, 0.29) is 12.3 Å². The molecule has 0 unspecified atom stereocenters. The van der Waals surface area contributed by atoms with Crippen LogP contribution in [0.15, 0.2) is 48.5 Å². The summed E-state index contributed by atoms with van der Waals surface area (Å²) in [5, 5.41) is 3.09. The van der Waals surface area contributed by atoms with Crippen LogP contribution < -0.4 is 11.1 Å². The Morgan fingerprint density at radius 2 is 1.89 bits per heavy atom. The minimum Gasteiger partial charge on any atom is -0.398 e. The molecule has 2 rings (SSSR count). The first kappa shape index (κ1) is 12.2. The van der Waals surface area contributed by atoms with Crippen LogP contribution >= 0.6 is 0 Å². The molecule has 3 heteroatoms. The fourth-order valence-electron chi connectivity index (χ4n) is 1.65. The lowest BCUT2D eigenvalue weighted by atomic mass is 10.1. The standard InChI is InChI=1S/C15H16N2O/c1-11-7-8-12(9-14(11)16)15(18)10-17-13-5-3-2-4-6-13/h2-9,17H,10,16H2,1H3. The summed E-state index contributed by atoms with van der Waals surface area (Å²) < 4.78 is 0. The van der Waals surface area contributed by atoms with Crippen molar-refractivity contribution in [3.05, 3.63) is 59.7 Å². The third-order valence-corrected chi connectivity index (χ3v) is 2.83. The number of nitrogen functional groups attached to an aromatic ring is 1. The van der Waals surface area contributed by atoms with E-state index in [4.69, 9.17) is 5.73 Å². The molecule has 0 radical (unpaired) electrons. The molecule has 0 saturated carbocycles. The maximum Gasteiger partial charge on any atom is 0.181 e. The minimum atomic E-state index is 0.0329. The summed E-state index contributed by atoms with van der Waals surface area (Å²) >= 11 is 0. The van der Waals surface area contributed by atoms with E-state index in [9.17, 15) is 4.79 Å². The van der Waals surface area contributed by atoms with Gasteiger partial charge >= 0.3 is 0 Å². The Labute approximate surface area is 107 Å². The van der Waals surface area contributed by atoms with Gasteiger partial charge in [-0.15, -0.1) is 0 Å². The Morgan fingerprint density at radius 3 is 2.56 bits per heavy atom. The van der Waals surface area contributed by atoms with Gasteiger partial charge in [0.25, 0.3) is 0 Å². The number of aryl methyl sites for hydroxylation is 1. The van der Waals surface area contributed by atoms with Crippen LogP contribution in [0.1, 0.15) is 15.9 Å². The van der Waals surface area contributed by atoms with Gasteiger partial charge in [-0.25, -0.2) is 0 Å². The van der Waals surface area contributed by atoms with Crippen LogP contribution in [-0.2, 0) is 0 Å². The van der Waals surface area contributed by atoms with E-state index in [2.05, 4.69) is 5.32 Å². The first-order valence-electron chi connectivity index (χ1n) is 5.85. The molecule has 0 saturated heterocycles. The first-order valence-corrected chi connectivity index (χ1v) is 5.85. The Kier molecular flexibility index (Phi) is 3.63. The second kappa shape index (κ2) is 5.36. The number of benzene rings is 2. The Hall–Kier alpha value is -2.29. The molecule has 0 amide bonds. The number of anilines is 2. The van der Waals surface area contributed by atoms with Gasteiger partial charge in [-0.2, -0.15) is 0 Å². The molecule has 0 heterocycles. The number of nitrogens with one attached hydrogen (secondary N) is 1. The van der Waals surface area contributed by atoms with Gasteiger partial charge in [0.05, 0.1) is 6.54 Å². The van der Waals surface area contributed by atoms with Gasteiger partial charge in [-0.05, 0) is 30.7 Å². The highest BCUT2D eigenvalue weighted by Crippen LogP contribution is 2.13. The number of ketones is 1. The van der Waals surface area contributed by atoms with Crippen molar-refractivity contribution >= 4 is 17.2 Å². The molecule has 0 bridgehead atoms. The van der Waals surface area contributed by atoms with Crippen molar-refractivity contribution in [1.29, 1.82) is 0 Å². The van der Waals surface area contributed by atoms with E-state index in [0.29, 0.717) is 11.3 Å². The first-order chi connectivity index (χ1) is 8.66. The smallest absolute Gasteiger partial charge is 0.181 e. The van der Waals surface area contributed by atoms with Gasteiger partial charge < -0.3 is 11.1 Å². The lowest BCUT2D eigenvalue weighted by Gasteiger charge is -2.07. The highest BCUT2D eigenvalue weighted by Gasteiger charge is 2.06. The second-order valence-electron chi connectivity index (χ2n) is 4.21.